The zero-order chi connectivity index (χ0) is 15.9. The fourth-order valence-corrected chi connectivity index (χ4v) is 1.82. The number of nitrogens with zero attached hydrogens (tertiary/aromatic N) is 1. The molecular formula is C16H16ClN3O2. The Morgan fingerprint density at radius 1 is 1.18 bits per heavy atom. The number of phenols is 1. The zero-order valence-electron chi connectivity index (χ0n) is 12.0. The Morgan fingerprint density at radius 3 is 2.45 bits per heavy atom. The van der Waals surface area contributed by atoms with Gasteiger partial charge in [-0.2, -0.15) is 5.10 Å². The van der Waals surface area contributed by atoms with Crippen molar-refractivity contribution >= 4 is 29.4 Å². The molecule has 1 atom stereocenters. The summed E-state index contributed by atoms with van der Waals surface area (Å²) < 4.78 is 0. The maximum absolute atomic E-state index is 11.9. The lowest BCUT2D eigenvalue weighted by Crippen LogP contribution is -2.34. The first-order chi connectivity index (χ1) is 10.5. The highest BCUT2D eigenvalue weighted by Crippen LogP contribution is 2.14. The zero-order valence-corrected chi connectivity index (χ0v) is 12.7. The van der Waals surface area contributed by atoms with Crippen LogP contribution in [0.1, 0.15) is 12.5 Å². The molecule has 0 bridgehead atoms. The maximum Gasteiger partial charge on any atom is 0.262 e. The van der Waals surface area contributed by atoms with Gasteiger partial charge in [0.15, 0.2) is 0 Å². The molecule has 0 aliphatic carbocycles. The first-order valence-electron chi connectivity index (χ1n) is 6.68. The molecule has 0 saturated heterocycles. The van der Waals surface area contributed by atoms with Crippen LogP contribution in [-0.2, 0) is 4.79 Å². The summed E-state index contributed by atoms with van der Waals surface area (Å²) in [6.07, 6.45) is 1.51. The Hall–Kier alpha value is -2.53. The Labute approximate surface area is 133 Å². The molecule has 2 rings (SSSR count). The molecule has 0 radical (unpaired) electrons. The van der Waals surface area contributed by atoms with E-state index in [9.17, 15) is 4.79 Å². The van der Waals surface area contributed by atoms with Crippen LogP contribution in [0.2, 0.25) is 5.02 Å². The topological polar surface area (TPSA) is 73.7 Å². The standard InChI is InChI=1S/C16H16ClN3O2/c1-11(19-14-6-4-13(17)5-7-14)16(22)20-18-10-12-2-8-15(21)9-3-12/h2-11,19,21H,1H3,(H,20,22)/b18-10+. The third-order valence-corrected chi connectivity index (χ3v) is 3.15. The first kappa shape index (κ1) is 15.9. The van der Waals surface area contributed by atoms with E-state index in [-0.39, 0.29) is 11.7 Å². The quantitative estimate of drug-likeness (QED) is 0.586. The van der Waals surface area contributed by atoms with Crippen LogP contribution in [0.5, 0.6) is 5.75 Å². The average molecular weight is 318 g/mol. The van der Waals surface area contributed by atoms with Gasteiger partial charge in [-0.3, -0.25) is 4.79 Å². The van der Waals surface area contributed by atoms with Crippen LogP contribution in [0.4, 0.5) is 5.69 Å². The van der Waals surface area contributed by atoms with Gasteiger partial charge < -0.3 is 10.4 Å². The van der Waals surface area contributed by atoms with Gasteiger partial charge in [0.1, 0.15) is 11.8 Å². The van der Waals surface area contributed by atoms with E-state index in [1.54, 1.807) is 55.5 Å². The molecule has 0 saturated carbocycles. The molecular weight excluding hydrogens is 302 g/mol. The molecule has 0 fully saturated rings. The predicted molar refractivity (Wildman–Crippen MR) is 88.4 cm³/mol. The van der Waals surface area contributed by atoms with E-state index < -0.39 is 6.04 Å². The van der Waals surface area contributed by atoms with Gasteiger partial charge in [-0.1, -0.05) is 11.6 Å². The summed E-state index contributed by atoms with van der Waals surface area (Å²) in [5.41, 5.74) is 4.03. The number of nitrogens with one attached hydrogen (secondary N) is 2. The second kappa shape index (κ2) is 7.47. The van der Waals surface area contributed by atoms with Gasteiger partial charge in [-0.05, 0) is 61.0 Å². The minimum atomic E-state index is -0.446. The predicted octanol–water partition coefficient (Wildman–Crippen LogP) is 3.00. The van der Waals surface area contributed by atoms with E-state index in [1.165, 1.54) is 6.21 Å². The largest absolute Gasteiger partial charge is 0.508 e. The summed E-state index contributed by atoms with van der Waals surface area (Å²) in [6.45, 7) is 1.74. The number of halogens is 1. The highest BCUT2D eigenvalue weighted by atomic mass is 35.5. The molecule has 2 aromatic rings. The SMILES string of the molecule is CC(Nc1ccc(Cl)cc1)C(=O)N/N=C/c1ccc(O)cc1. The van der Waals surface area contributed by atoms with Gasteiger partial charge in [0.2, 0.25) is 0 Å². The molecule has 22 heavy (non-hydrogen) atoms. The lowest BCUT2D eigenvalue weighted by molar-refractivity contribution is -0.121. The fraction of sp³-hybridized carbons (Fsp3) is 0.125. The summed E-state index contributed by atoms with van der Waals surface area (Å²) in [5.74, 6) is -0.0769. The average Bonchev–Trinajstić information content (AvgIpc) is 2.51. The molecule has 0 aliphatic rings. The Bertz CT molecular complexity index is 654. The third-order valence-electron chi connectivity index (χ3n) is 2.90. The van der Waals surface area contributed by atoms with Gasteiger partial charge in [0.05, 0.1) is 6.21 Å². The van der Waals surface area contributed by atoms with Gasteiger partial charge in [0, 0.05) is 10.7 Å². The van der Waals surface area contributed by atoms with Crippen LogP contribution in [0.15, 0.2) is 53.6 Å². The molecule has 6 heteroatoms. The summed E-state index contributed by atoms with van der Waals surface area (Å²) in [4.78, 5) is 11.9. The van der Waals surface area contributed by atoms with Crippen LogP contribution < -0.4 is 10.7 Å². The summed E-state index contributed by atoms with van der Waals surface area (Å²) in [5, 5.41) is 16.7. The van der Waals surface area contributed by atoms with Crippen molar-refractivity contribution in [2.24, 2.45) is 5.10 Å². The smallest absolute Gasteiger partial charge is 0.262 e. The van der Waals surface area contributed by atoms with Crippen LogP contribution in [0.3, 0.4) is 0 Å². The fourth-order valence-electron chi connectivity index (χ4n) is 1.69. The first-order valence-corrected chi connectivity index (χ1v) is 7.06. The van der Waals surface area contributed by atoms with Crippen molar-refractivity contribution in [3.8, 4) is 5.75 Å². The summed E-state index contributed by atoms with van der Waals surface area (Å²) in [7, 11) is 0. The molecule has 3 N–H and O–H groups in total. The maximum atomic E-state index is 11.9. The number of amides is 1. The molecule has 0 aliphatic heterocycles. The van der Waals surface area contributed by atoms with E-state index in [4.69, 9.17) is 16.7 Å². The number of rotatable bonds is 5. The van der Waals surface area contributed by atoms with Gasteiger partial charge in [-0.15, -0.1) is 0 Å². The molecule has 2 aromatic carbocycles. The molecule has 1 unspecified atom stereocenters. The minimum absolute atomic E-state index is 0.182. The van der Waals surface area contributed by atoms with Crippen molar-refractivity contribution < 1.29 is 9.90 Å². The third kappa shape index (κ3) is 4.79. The highest BCUT2D eigenvalue weighted by Gasteiger charge is 2.11. The highest BCUT2D eigenvalue weighted by molar-refractivity contribution is 6.30. The molecule has 1 amide bonds. The number of benzene rings is 2. The molecule has 5 nitrogen and oxygen atoms in total. The second-order valence-corrected chi connectivity index (χ2v) is 5.14. The molecule has 114 valence electrons. The van der Waals surface area contributed by atoms with Crippen LogP contribution in [0.25, 0.3) is 0 Å². The number of anilines is 1. The lowest BCUT2D eigenvalue weighted by atomic mass is 10.2. The normalized spacial score (nSPS) is 12.1. The van der Waals surface area contributed by atoms with Crippen molar-refractivity contribution in [2.45, 2.75) is 13.0 Å². The van der Waals surface area contributed by atoms with Gasteiger partial charge in [-0.25, -0.2) is 5.43 Å². The van der Waals surface area contributed by atoms with Crippen LogP contribution in [0, 0.1) is 0 Å². The monoisotopic (exact) mass is 317 g/mol. The van der Waals surface area contributed by atoms with Crippen molar-refractivity contribution in [2.75, 3.05) is 5.32 Å². The number of carbonyl (C=O) groups is 1. The van der Waals surface area contributed by atoms with E-state index >= 15 is 0 Å². The van der Waals surface area contributed by atoms with Crippen LogP contribution >= 0.6 is 11.6 Å². The second-order valence-electron chi connectivity index (χ2n) is 4.70. The van der Waals surface area contributed by atoms with Gasteiger partial charge in [0.25, 0.3) is 5.91 Å². The van der Waals surface area contributed by atoms with E-state index in [1.807, 2.05) is 0 Å². The van der Waals surface area contributed by atoms with E-state index in [2.05, 4.69) is 15.8 Å². The number of hydrogen-bond acceptors (Lipinski definition) is 4. The van der Waals surface area contributed by atoms with Crippen molar-refractivity contribution in [1.29, 1.82) is 0 Å². The van der Waals surface area contributed by atoms with E-state index in [0.29, 0.717) is 5.02 Å². The number of hydrazone groups is 1. The molecule has 0 spiro atoms. The molecule has 0 heterocycles. The van der Waals surface area contributed by atoms with Crippen LogP contribution in [-0.4, -0.2) is 23.3 Å². The number of aromatic hydroxyl groups is 1. The van der Waals surface area contributed by atoms with Gasteiger partial charge >= 0.3 is 0 Å². The Kier molecular flexibility index (Phi) is 5.38. The number of carbonyl (C=O) groups excluding carboxylic acids is 1. The molecule has 0 aromatic heterocycles. The summed E-state index contributed by atoms with van der Waals surface area (Å²) >= 11 is 5.81. The Morgan fingerprint density at radius 2 is 1.82 bits per heavy atom. The van der Waals surface area contributed by atoms with E-state index in [0.717, 1.165) is 11.3 Å². The van der Waals surface area contributed by atoms with Crippen molar-refractivity contribution in [3.05, 3.63) is 59.1 Å². The number of hydrogen-bond donors (Lipinski definition) is 3. The van der Waals surface area contributed by atoms with Crippen molar-refractivity contribution in [1.82, 2.24) is 5.43 Å². The minimum Gasteiger partial charge on any atom is -0.508 e. The Balaban J connectivity index is 1.85. The number of phenolic OH excluding ortho intramolecular Hbond substituents is 1. The van der Waals surface area contributed by atoms with Crippen molar-refractivity contribution in [3.63, 3.8) is 0 Å². The summed E-state index contributed by atoms with van der Waals surface area (Å²) in [6, 6.07) is 13.1. The lowest BCUT2D eigenvalue weighted by Gasteiger charge is -2.13.